The summed E-state index contributed by atoms with van der Waals surface area (Å²) in [4.78, 5) is 11.6. The Labute approximate surface area is 167 Å². The van der Waals surface area contributed by atoms with Crippen LogP contribution in [0.1, 0.15) is 30.5 Å². The largest absolute Gasteiger partial charge is 0.508 e. The number of rotatable bonds is 7. The lowest BCUT2D eigenvalue weighted by Gasteiger charge is -2.30. The van der Waals surface area contributed by atoms with E-state index >= 15 is 0 Å². The Morgan fingerprint density at radius 1 is 1.24 bits per heavy atom. The average molecular weight is 406 g/mol. The minimum Gasteiger partial charge on any atom is -0.508 e. The summed E-state index contributed by atoms with van der Waals surface area (Å²) in [6.45, 7) is 1.93. The summed E-state index contributed by atoms with van der Waals surface area (Å²) in [6.07, 6.45) is -0.292. The summed E-state index contributed by atoms with van der Waals surface area (Å²) in [7, 11) is 0. The fraction of sp³-hybridized carbons (Fsp3) is 0.381. The van der Waals surface area contributed by atoms with E-state index in [9.17, 15) is 23.8 Å². The molecule has 3 rings (SSSR count). The Morgan fingerprint density at radius 3 is 2.66 bits per heavy atom. The fourth-order valence-electron chi connectivity index (χ4n) is 3.53. The van der Waals surface area contributed by atoms with Gasteiger partial charge in [0, 0.05) is 37.6 Å². The monoisotopic (exact) mass is 406 g/mol. The van der Waals surface area contributed by atoms with Gasteiger partial charge in [0.15, 0.2) is 0 Å². The number of aromatic hydroxyl groups is 1. The number of hydrogen-bond donors (Lipinski definition) is 4. The summed E-state index contributed by atoms with van der Waals surface area (Å²) < 4.78 is 32.5. The van der Waals surface area contributed by atoms with Crippen LogP contribution in [-0.2, 0) is 11.2 Å². The highest BCUT2D eigenvalue weighted by Crippen LogP contribution is 2.34. The number of aliphatic hydroxyl groups is 1. The van der Waals surface area contributed by atoms with Crippen LogP contribution in [-0.4, -0.2) is 41.4 Å². The van der Waals surface area contributed by atoms with E-state index in [1.807, 2.05) is 0 Å². The van der Waals surface area contributed by atoms with Crippen LogP contribution >= 0.6 is 0 Å². The van der Waals surface area contributed by atoms with Gasteiger partial charge in [0.1, 0.15) is 23.1 Å². The normalized spacial score (nSPS) is 17.7. The molecule has 0 unspecified atom stereocenters. The lowest BCUT2D eigenvalue weighted by atomic mass is 9.98. The lowest BCUT2D eigenvalue weighted by Crippen LogP contribution is -2.48. The Bertz CT molecular complexity index is 858. The second-order valence-electron chi connectivity index (χ2n) is 7.18. The third-order valence-corrected chi connectivity index (χ3v) is 4.84. The predicted molar refractivity (Wildman–Crippen MR) is 103 cm³/mol. The number of hydrogen-bond acceptors (Lipinski definition) is 5. The number of amides is 1. The smallest absolute Gasteiger partial charge is 0.217 e. The zero-order chi connectivity index (χ0) is 21.0. The molecule has 1 amide bonds. The van der Waals surface area contributed by atoms with Gasteiger partial charge in [-0.25, -0.2) is 8.78 Å². The molecule has 0 bridgehead atoms. The van der Waals surface area contributed by atoms with Gasteiger partial charge in [-0.15, -0.1) is 0 Å². The van der Waals surface area contributed by atoms with Gasteiger partial charge in [-0.1, -0.05) is 0 Å². The molecular formula is C21H24F2N2O4. The molecule has 0 aromatic heterocycles. The molecule has 0 fully saturated rings. The fourth-order valence-corrected chi connectivity index (χ4v) is 3.53. The molecule has 0 spiro atoms. The van der Waals surface area contributed by atoms with Crippen molar-refractivity contribution in [3.63, 3.8) is 0 Å². The molecule has 8 heteroatoms. The molecule has 1 aliphatic heterocycles. The maximum absolute atomic E-state index is 13.5. The van der Waals surface area contributed by atoms with Crippen molar-refractivity contribution in [1.82, 2.24) is 10.6 Å². The molecule has 2 aromatic rings. The SMILES string of the molecule is CC(=O)N[C@@H](Cc1cc(F)cc(F)c1)[C@@H](O)CN[C@H]1CCOc2ccc(O)cc21. The Balaban J connectivity index is 1.68. The van der Waals surface area contributed by atoms with Crippen molar-refractivity contribution >= 4 is 5.91 Å². The topological polar surface area (TPSA) is 90.8 Å². The molecule has 0 aliphatic carbocycles. The second-order valence-corrected chi connectivity index (χ2v) is 7.18. The van der Waals surface area contributed by atoms with E-state index in [1.54, 1.807) is 18.2 Å². The first-order valence-electron chi connectivity index (χ1n) is 9.41. The maximum atomic E-state index is 13.5. The summed E-state index contributed by atoms with van der Waals surface area (Å²) >= 11 is 0. The summed E-state index contributed by atoms with van der Waals surface area (Å²) in [5.41, 5.74) is 1.12. The number of nitrogens with one attached hydrogen (secondary N) is 2. The molecule has 3 atom stereocenters. The molecule has 1 heterocycles. The van der Waals surface area contributed by atoms with Crippen molar-refractivity contribution in [1.29, 1.82) is 0 Å². The quantitative estimate of drug-likeness (QED) is 0.566. The summed E-state index contributed by atoms with van der Waals surface area (Å²) in [6, 6.07) is 7.08. The number of carbonyl (C=O) groups is 1. The van der Waals surface area contributed by atoms with Crippen LogP contribution in [0.3, 0.4) is 0 Å². The van der Waals surface area contributed by atoms with Gasteiger partial charge in [-0.05, 0) is 42.3 Å². The first-order valence-corrected chi connectivity index (χ1v) is 9.41. The van der Waals surface area contributed by atoms with Crippen molar-refractivity contribution in [2.24, 2.45) is 0 Å². The molecule has 2 aromatic carbocycles. The number of aliphatic hydroxyl groups excluding tert-OH is 1. The molecule has 4 N–H and O–H groups in total. The first-order chi connectivity index (χ1) is 13.8. The number of phenols is 1. The van der Waals surface area contributed by atoms with Crippen LogP contribution in [0.5, 0.6) is 11.5 Å². The maximum Gasteiger partial charge on any atom is 0.217 e. The zero-order valence-corrected chi connectivity index (χ0v) is 16.0. The van der Waals surface area contributed by atoms with E-state index in [0.717, 1.165) is 11.6 Å². The highest BCUT2D eigenvalue weighted by molar-refractivity contribution is 5.73. The van der Waals surface area contributed by atoms with Crippen molar-refractivity contribution in [2.45, 2.75) is 38.0 Å². The van der Waals surface area contributed by atoms with Crippen LogP contribution < -0.4 is 15.4 Å². The van der Waals surface area contributed by atoms with E-state index in [2.05, 4.69) is 10.6 Å². The number of fused-ring (bicyclic) bond motifs is 1. The average Bonchev–Trinajstić information content (AvgIpc) is 2.64. The van der Waals surface area contributed by atoms with Gasteiger partial charge in [0.2, 0.25) is 5.91 Å². The molecule has 156 valence electrons. The van der Waals surface area contributed by atoms with Crippen LogP contribution in [0.15, 0.2) is 36.4 Å². The summed E-state index contributed by atoms with van der Waals surface area (Å²) in [5, 5.41) is 26.3. The Morgan fingerprint density at radius 2 is 1.97 bits per heavy atom. The number of carbonyl (C=O) groups excluding carboxylic acids is 1. The molecule has 0 saturated heterocycles. The van der Waals surface area contributed by atoms with Crippen LogP contribution in [0.2, 0.25) is 0 Å². The Hall–Kier alpha value is -2.71. The molecular weight excluding hydrogens is 382 g/mol. The standard InChI is InChI=1S/C21H24F2N2O4/c1-12(26)25-19(8-13-6-14(22)9-15(23)7-13)20(28)11-24-18-4-5-29-21-3-2-16(27)10-17(18)21/h2-3,6-7,9-10,18-20,24,27-28H,4-5,8,11H2,1H3,(H,25,26)/t18-,19-,20-/m0/s1. The van der Waals surface area contributed by atoms with Gasteiger partial charge in [-0.2, -0.15) is 0 Å². The molecule has 1 aliphatic rings. The Kier molecular flexibility index (Phi) is 6.66. The van der Waals surface area contributed by atoms with Crippen molar-refractivity contribution < 1.29 is 28.5 Å². The first kappa shape index (κ1) is 21.0. The van der Waals surface area contributed by atoms with Gasteiger partial charge >= 0.3 is 0 Å². The van der Waals surface area contributed by atoms with Crippen LogP contribution in [0.25, 0.3) is 0 Å². The van der Waals surface area contributed by atoms with Gasteiger partial charge in [0.05, 0.1) is 18.8 Å². The number of phenolic OH excluding ortho intramolecular Hbond substituents is 1. The third-order valence-electron chi connectivity index (χ3n) is 4.84. The number of halogens is 2. The number of benzene rings is 2. The second kappa shape index (κ2) is 9.19. The highest BCUT2D eigenvalue weighted by Gasteiger charge is 2.26. The van der Waals surface area contributed by atoms with Crippen LogP contribution in [0.4, 0.5) is 8.78 Å². The highest BCUT2D eigenvalue weighted by atomic mass is 19.1. The van der Waals surface area contributed by atoms with E-state index in [0.29, 0.717) is 24.3 Å². The zero-order valence-electron chi connectivity index (χ0n) is 16.0. The molecule has 0 radical (unpaired) electrons. The van der Waals surface area contributed by atoms with E-state index in [1.165, 1.54) is 19.1 Å². The predicted octanol–water partition coefficient (Wildman–Crippen LogP) is 2.19. The molecule has 6 nitrogen and oxygen atoms in total. The van der Waals surface area contributed by atoms with Gasteiger partial charge in [0.25, 0.3) is 0 Å². The summed E-state index contributed by atoms with van der Waals surface area (Å²) in [5.74, 6) is -1.01. The van der Waals surface area contributed by atoms with E-state index in [4.69, 9.17) is 4.74 Å². The van der Waals surface area contributed by atoms with Gasteiger partial charge in [-0.3, -0.25) is 4.79 Å². The van der Waals surface area contributed by atoms with Gasteiger partial charge < -0.3 is 25.6 Å². The van der Waals surface area contributed by atoms with E-state index in [-0.39, 0.29) is 30.7 Å². The van der Waals surface area contributed by atoms with Crippen molar-refractivity contribution in [2.75, 3.05) is 13.2 Å². The molecule has 29 heavy (non-hydrogen) atoms. The molecule has 0 saturated carbocycles. The minimum absolute atomic E-state index is 0.0717. The lowest BCUT2D eigenvalue weighted by molar-refractivity contribution is -0.120. The third kappa shape index (κ3) is 5.65. The van der Waals surface area contributed by atoms with Crippen LogP contribution in [0, 0.1) is 11.6 Å². The van der Waals surface area contributed by atoms with E-state index < -0.39 is 23.8 Å². The van der Waals surface area contributed by atoms with Crippen molar-refractivity contribution in [3.8, 4) is 11.5 Å². The van der Waals surface area contributed by atoms with Crippen molar-refractivity contribution in [3.05, 3.63) is 59.2 Å². The minimum atomic E-state index is -1.01. The number of ether oxygens (including phenoxy) is 1.